The molecule has 2 saturated heterocycles. The zero-order valence-corrected chi connectivity index (χ0v) is 9.85. The van der Waals surface area contributed by atoms with Crippen molar-refractivity contribution in [1.82, 2.24) is 9.80 Å². The average Bonchev–Trinajstić information content (AvgIpc) is 2.63. The lowest BCUT2D eigenvalue weighted by Gasteiger charge is -2.31. The molecule has 2 aliphatic rings. The maximum Gasteiger partial charge on any atom is 0.224 e. The maximum absolute atomic E-state index is 11.6. The topological polar surface area (TPSA) is 47.3 Å². The Hall–Kier alpha value is -1.08. The smallest absolute Gasteiger partial charge is 0.224 e. The third-order valence-corrected chi connectivity index (χ3v) is 3.71. The highest BCUT2D eigenvalue weighted by Gasteiger charge is 2.31. The summed E-state index contributed by atoms with van der Waals surface area (Å²) >= 11 is 0. The van der Waals surface area contributed by atoms with Crippen molar-refractivity contribution in [2.45, 2.75) is 19.3 Å². The number of carbonyl (C=O) groups is 1. The molecule has 2 fully saturated rings. The Labute approximate surface area is 96.8 Å². The number of amides is 1. The largest absolute Gasteiger partial charge is 0.341 e. The van der Waals surface area contributed by atoms with E-state index in [1.165, 1.54) is 12.8 Å². The second kappa shape index (κ2) is 4.84. The van der Waals surface area contributed by atoms with Crippen LogP contribution >= 0.6 is 0 Å². The molecule has 88 valence electrons. The number of nitriles is 1. The van der Waals surface area contributed by atoms with Gasteiger partial charge in [-0.05, 0) is 38.9 Å². The molecule has 0 saturated carbocycles. The lowest BCUT2D eigenvalue weighted by Crippen LogP contribution is -2.37. The van der Waals surface area contributed by atoms with Gasteiger partial charge in [-0.1, -0.05) is 0 Å². The molecule has 2 rings (SSSR count). The van der Waals surface area contributed by atoms with Crippen LogP contribution in [0.15, 0.2) is 0 Å². The summed E-state index contributed by atoms with van der Waals surface area (Å²) in [6.45, 7) is 3.79. The summed E-state index contributed by atoms with van der Waals surface area (Å²) in [4.78, 5) is 15.9. The van der Waals surface area contributed by atoms with Crippen LogP contribution in [-0.4, -0.2) is 48.9 Å². The predicted octanol–water partition coefficient (Wildman–Crippen LogP) is 0.700. The highest BCUT2D eigenvalue weighted by molar-refractivity contribution is 5.79. The molecular formula is C12H19N3O. The van der Waals surface area contributed by atoms with E-state index in [0.717, 1.165) is 19.6 Å². The SMILES string of the molecule is CN1CCC(CN2CC(C#N)CC2=O)CC1. The minimum absolute atomic E-state index is 0.0706. The predicted molar refractivity (Wildman–Crippen MR) is 60.5 cm³/mol. The monoisotopic (exact) mass is 221 g/mol. The Bertz CT molecular complexity index is 302. The quantitative estimate of drug-likeness (QED) is 0.689. The summed E-state index contributed by atoms with van der Waals surface area (Å²) in [5, 5.41) is 8.81. The molecule has 2 heterocycles. The minimum Gasteiger partial charge on any atom is -0.341 e. The van der Waals surface area contributed by atoms with Gasteiger partial charge in [-0.3, -0.25) is 4.79 Å². The minimum atomic E-state index is -0.0706. The van der Waals surface area contributed by atoms with Crippen molar-refractivity contribution in [2.24, 2.45) is 11.8 Å². The summed E-state index contributed by atoms with van der Waals surface area (Å²) in [6, 6.07) is 2.20. The Morgan fingerprint density at radius 2 is 2.12 bits per heavy atom. The number of likely N-dealkylation sites (tertiary alicyclic amines) is 2. The molecule has 0 aliphatic carbocycles. The molecule has 1 amide bonds. The Balaban J connectivity index is 1.82. The molecule has 0 aromatic heterocycles. The molecule has 0 aromatic carbocycles. The molecule has 4 heteroatoms. The van der Waals surface area contributed by atoms with E-state index < -0.39 is 0 Å². The fourth-order valence-electron chi connectivity index (χ4n) is 2.59. The first-order chi connectivity index (χ1) is 7.69. The first kappa shape index (κ1) is 11.4. The highest BCUT2D eigenvalue weighted by atomic mass is 16.2. The van der Waals surface area contributed by atoms with Gasteiger partial charge in [-0.25, -0.2) is 0 Å². The van der Waals surface area contributed by atoms with E-state index in [2.05, 4.69) is 18.0 Å². The zero-order chi connectivity index (χ0) is 11.5. The molecular weight excluding hydrogens is 202 g/mol. The molecule has 2 aliphatic heterocycles. The maximum atomic E-state index is 11.6. The van der Waals surface area contributed by atoms with Crippen molar-refractivity contribution in [3.05, 3.63) is 0 Å². The van der Waals surface area contributed by atoms with E-state index in [1.54, 1.807) is 0 Å². The van der Waals surface area contributed by atoms with Gasteiger partial charge in [-0.15, -0.1) is 0 Å². The van der Waals surface area contributed by atoms with Crippen molar-refractivity contribution < 1.29 is 4.79 Å². The summed E-state index contributed by atoms with van der Waals surface area (Å²) < 4.78 is 0. The third kappa shape index (κ3) is 2.53. The van der Waals surface area contributed by atoms with Crippen molar-refractivity contribution in [3.8, 4) is 6.07 Å². The lowest BCUT2D eigenvalue weighted by atomic mass is 9.96. The van der Waals surface area contributed by atoms with Gasteiger partial charge in [0.15, 0.2) is 0 Å². The fraction of sp³-hybridized carbons (Fsp3) is 0.833. The summed E-state index contributed by atoms with van der Waals surface area (Å²) in [7, 11) is 2.14. The molecule has 1 unspecified atom stereocenters. The van der Waals surface area contributed by atoms with Gasteiger partial charge in [0.2, 0.25) is 5.91 Å². The number of hydrogen-bond donors (Lipinski definition) is 0. The second-order valence-corrected chi connectivity index (χ2v) is 5.08. The van der Waals surface area contributed by atoms with E-state index in [9.17, 15) is 4.79 Å². The van der Waals surface area contributed by atoms with Gasteiger partial charge in [0.05, 0.1) is 12.0 Å². The van der Waals surface area contributed by atoms with Crippen LogP contribution in [0.4, 0.5) is 0 Å². The number of hydrogen-bond acceptors (Lipinski definition) is 3. The van der Waals surface area contributed by atoms with Crippen LogP contribution in [0.2, 0.25) is 0 Å². The van der Waals surface area contributed by atoms with Crippen LogP contribution in [0, 0.1) is 23.2 Å². The Kier molecular flexibility index (Phi) is 3.45. The molecule has 1 atom stereocenters. The van der Waals surface area contributed by atoms with Crippen molar-refractivity contribution in [2.75, 3.05) is 33.2 Å². The van der Waals surface area contributed by atoms with Gasteiger partial charge in [0, 0.05) is 19.5 Å². The van der Waals surface area contributed by atoms with Crippen LogP contribution in [0.5, 0.6) is 0 Å². The van der Waals surface area contributed by atoms with Crippen LogP contribution in [0.1, 0.15) is 19.3 Å². The Morgan fingerprint density at radius 1 is 1.44 bits per heavy atom. The van der Waals surface area contributed by atoms with Gasteiger partial charge < -0.3 is 9.80 Å². The molecule has 4 nitrogen and oxygen atoms in total. The second-order valence-electron chi connectivity index (χ2n) is 5.08. The number of piperidine rings is 1. The zero-order valence-electron chi connectivity index (χ0n) is 9.85. The summed E-state index contributed by atoms with van der Waals surface area (Å²) in [6.07, 6.45) is 2.79. The molecule has 0 aromatic rings. The van der Waals surface area contributed by atoms with Crippen LogP contribution in [0.3, 0.4) is 0 Å². The van der Waals surface area contributed by atoms with Crippen molar-refractivity contribution in [1.29, 1.82) is 5.26 Å². The van der Waals surface area contributed by atoms with Gasteiger partial charge >= 0.3 is 0 Å². The van der Waals surface area contributed by atoms with Crippen LogP contribution in [-0.2, 0) is 4.79 Å². The number of nitrogens with zero attached hydrogens (tertiary/aromatic N) is 3. The van der Waals surface area contributed by atoms with E-state index in [1.807, 2.05) is 4.90 Å². The molecule has 0 N–H and O–H groups in total. The van der Waals surface area contributed by atoms with Crippen molar-refractivity contribution >= 4 is 5.91 Å². The van der Waals surface area contributed by atoms with Crippen LogP contribution < -0.4 is 0 Å². The van der Waals surface area contributed by atoms with Crippen LogP contribution in [0.25, 0.3) is 0 Å². The molecule has 0 radical (unpaired) electrons. The molecule has 0 spiro atoms. The molecule has 16 heavy (non-hydrogen) atoms. The third-order valence-electron chi connectivity index (χ3n) is 3.71. The van der Waals surface area contributed by atoms with Gasteiger partial charge in [0.1, 0.15) is 0 Å². The first-order valence-corrected chi connectivity index (χ1v) is 6.05. The summed E-state index contributed by atoms with van der Waals surface area (Å²) in [5.41, 5.74) is 0. The Morgan fingerprint density at radius 3 is 2.69 bits per heavy atom. The normalized spacial score (nSPS) is 28.4. The fourth-order valence-corrected chi connectivity index (χ4v) is 2.59. The van der Waals surface area contributed by atoms with Crippen molar-refractivity contribution in [3.63, 3.8) is 0 Å². The summed E-state index contributed by atoms with van der Waals surface area (Å²) in [5.74, 6) is 0.738. The molecule has 0 bridgehead atoms. The van der Waals surface area contributed by atoms with Gasteiger partial charge in [-0.2, -0.15) is 5.26 Å². The van der Waals surface area contributed by atoms with E-state index in [4.69, 9.17) is 5.26 Å². The van der Waals surface area contributed by atoms with E-state index in [-0.39, 0.29) is 11.8 Å². The average molecular weight is 221 g/mol. The van der Waals surface area contributed by atoms with Gasteiger partial charge in [0.25, 0.3) is 0 Å². The standard InChI is InChI=1S/C12H19N3O/c1-14-4-2-10(3-5-14)8-15-9-11(7-13)6-12(15)16/h10-11H,2-6,8-9H2,1H3. The lowest BCUT2D eigenvalue weighted by molar-refractivity contribution is -0.128. The number of carbonyl (C=O) groups excluding carboxylic acids is 1. The van der Waals surface area contributed by atoms with E-state index >= 15 is 0 Å². The first-order valence-electron chi connectivity index (χ1n) is 6.05. The number of rotatable bonds is 2. The highest BCUT2D eigenvalue weighted by Crippen LogP contribution is 2.22. The van der Waals surface area contributed by atoms with E-state index in [0.29, 0.717) is 18.9 Å².